The van der Waals surface area contributed by atoms with Crippen LogP contribution >= 0.6 is 0 Å². The molecule has 0 radical (unpaired) electrons. The summed E-state index contributed by atoms with van der Waals surface area (Å²) in [6.07, 6.45) is 0. The number of rotatable bonds is 3. The van der Waals surface area contributed by atoms with E-state index in [-0.39, 0.29) is 0 Å². The minimum atomic E-state index is -1.76. The molecule has 0 aliphatic carbocycles. The van der Waals surface area contributed by atoms with Crippen molar-refractivity contribution >= 4 is 8.32 Å². The van der Waals surface area contributed by atoms with Crippen molar-refractivity contribution in [3.63, 3.8) is 0 Å². The summed E-state index contributed by atoms with van der Waals surface area (Å²) in [5, 5.41) is 0. The molecule has 110 valence electrons. The van der Waals surface area contributed by atoms with E-state index in [2.05, 4.69) is 76.2 Å². The summed E-state index contributed by atoms with van der Waals surface area (Å²) in [6.45, 7) is 9.33. The lowest BCUT2D eigenvalue weighted by Crippen LogP contribution is -2.47. The molecule has 0 atom stereocenters. The average Bonchev–Trinajstić information content (AvgIpc) is 2.89. The highest BCUT2D eigenvalue weighted by atomic mass is 28.4. The first kappa shape index (κ1) is 14.4. The predicted molar refractivity (Wildman–Crippen MR) is 92.2 cm³/mol. The molecule has 0 saturated heterocycles. The Labute approximate surface area is 129 Å². The fraction of sp³-hybridized carbons (Fsp3) is 0.368. The topological polar surface area (TPSA) is 9.23 Å². The van der Waals surface area contributed by atoms with Crippen LogP contribution in [-0.2, 0) is 6.04 Å². The second-order valence-electron chi connectivity index (χ2n) is 6.69. The van der Waals surface area contributed by atoms with Crippen molar-refractivity contribution < 1.29 is 4.43 Å². The van der Waals surface area contributed by atoms with Crippen LogP contribution in [0.25, 0.3) is 11.1 Å². The maximum Gasteiger partial charge on any atom is 0.260 e. The Balaban J connectivity index is 2.08. The Hall–Kier alpha value is -1.54. The van der Waals surface area contributed by atoms with E-state index in [4.69, 9.17) is 4.43 Å². The van der Waals surface area contributed by atoms with Crippen LogP contribution in [0.1, 0.15) is 33.3 Å². The first-order chi connectivity index (χ1) is 10.0. The van der Waals surface area contributed by atoms with E-state index in [9.17, 15) is 0 Å². The van der Waals surface area contributed by atoms with E-state index < -0.39 is 8.32 Å². The molecule has 2 aromatic carbocycles. The second kappa shape index (κ2) is 5.34. The zero-order valence-corrected chi connectivity index (χ0v) is 14.4. The van der Waals surface area contributed by atoms with Crippen molar-refractivity contribution in [1.82, 2.24) is 0 Å². The molecule has 1 heterocycles. The lowest BCUT2D eigenvalue weighted by Gasteiger charge is -2.33. The Morgan fingerprint density at radius 3 is 2.14 bits per heavy atom. The smallest absolute Gasteiger partial charge is 0.260 e. The molecule has 1 nitrogen and oxygen atoms in total. The Morgan fingerprint density at radius 2 is 1.52 bits per heavy atom. The van der Waals surface area contributed by atoms with Gasteiger partial charge >= 0.3 is 0 Å². The molecule has 1 aliphatic rings. The van der Waals surface area contributed by atoms with E-state index in [0.717, 1.165) is 11.8 Å². The standard InChI is InChI=1S/C19H24OSi/c1-14(2)21(15(3)4)13-18-17(11-8-12-19(18)20-21)16-9-6-5-7-10-16/h5-12,14-15H,13H2,1-4H3. The van der Waals surface area contributed by atoms with Crippen LogP contribution in [0.15, 0.2) is 48.5 Å². The highest BCUT2D eigenvalue weighted by Crippen LogP contribution is 2.47. The molecule has 3 rings (SSSR count). The molecule has 21 heavy (non-hydrogen) atoms. The average molecular weight is 296 g/mol. The highest BCUT2D eigenvalue weighted by molar-refractivity contribution is 6.77. The molecule has 0 fully saturated rings. The minimum absolute atomic E-state index is 0.633. The third-order valence-corrected chi connectivity index (χ3v) is 10.3. The molecule has 2 heteroatoms. The Kier molecular flexibility index (Phi) is 3.66. The van der Waals surface area contributed by atoms with Crippen LogP contribution in [-0.4, -0.2) is 8.32 Å². The summed E-state index contributed by atoms with van der Waals surface area (Å²) in [5.41, 5.74) is 5.35. The molecule has 0 bridgehead atoms. The van der Waals surface area contributed by atoms with Gasteiger partial charge in [0.25, 0.3) is 8.32 Å². The fourth-order valence-corrected chi connectivity index (χ4v) is 7.77. The van der Waals surface area contributed by atoms with Crippen LogP contribution in [0, 0.1) is 0 Å². The summed E-state index contributed by atoms with van der Waals surface area (Å²) < 4.78 is 6.62. The molecule has 1 aliphatic heterocycles. The zero-order chi connectivity index (χ0) is 15.0. The largest absolute Gasteiger partial charge is 0.542 e. The normalized spacial score (nSPS) is 16.1. The Bertz CT molecular complexity index is 623. The number of fused-ring (bicyclic) bond motifs is 1. The summed E-state index contributed by atoms with van der Waals surface area (Å²) in [5.74, 6) is 1.13. The molecule has 2 aromatic rings. The van der Waals surface area contributed by atoms with Crippen LogP contribution in [0.3, 0.4) is 0 Å². The maximum atomic E-state index is 6.62. The third kappa shape index (κ3) is 2.32. The van der Waals surface area contributed by atoms with Gasteiger partial charge in [0.1, 0.15) is 5.75 Å². The van der Waals surface area contributed by atoms with Crippen molar-refractivity contribution in [2.24, 2.45) is 0 Å². The van der Waals surface area contributed by atoms with Crippen molar-refractivity contribution in [2.45, 2.75) is 44.8 Å². The van der Waals surface area contributed by atoms with Gasteiger partial charge in [0.05, 0.1) is 0 Å². The van der Waals surface area contributed by atoms with Crippen molar-refractivity contribution in [3.05, 3.63) is 54.1 Å². The predicted octanol–water partition coefficient (Wildman–Crippen LogP) is 5.59. The van der Waals surface area contributed by atoms with E-state index in [0.29, 0.717) is 11.1 Å². The number of hydrogen-bond acceptors (Lipinski definition) is 1. The molecule has 0 spiro atoms. The molecule has 0 aromatic heterocycles. The van der Waals surface area contributed by atoms with Crippen molar-refractivity contribution in [3.8, 4) is 16.9 Å². The quantitative estimate of drug-likeness (QED) is 0.670. The van der Waals surface area contributed by atoms with Crippen LogP contribution < -0.4 is 4.43 Å². The number of benzene rings is 2. The van der Waals surface area contributed by atoms with Crippen LogP contribution in [0.5, 0.6) is 5.75 Å². The van der Waals surface area contributed by atoms with E-state index >= 15 is 0 Å². The maximum absolute atomic E-state index is 6.62. The van der Waals surface area contributed by atoms with Gasteiger partial charge in [0.2, 0.25) is 0 Å². The molecule has 0 unspecified atom stereocenters. The summed E-state index contributed by atoms with van der Waals surface area (Å²) in [6, 6.07) is 18.4. The highest BCUT2D eigenvalue weighted by Gasteiger charge is 2.49. The fourth-order valence-electron chi connectivity index (χ4n) is 3.56. The molecule has 0 saturated carbocycles. The van der Waals surface area contributed by atoms with Gasteiger partial charge in [-0.25, -0.2) is 0 Å². The SMILES string of the molecule is CC(C)[Si]1(C(C)C)Cc2c(cccc2-c2ccccc2)O1. The van der Waals surface area contributed by atoms with Gasteiger partial charge in [-0.1, -0.05) is 70.2 Å². The molecule has 0 amide bonds. The van der Waals surface area contributed by atoms with Gasteiger partial charge in [-0.05, 0) is 28.3 Å². The van der Waals surface area contributed by atoms with Crippen LogP contribution in [0.2, 0.25) is 11.1 Å². The third-order valence-electron chi connectivity index (χ3n) is 4.93. The molecular formula is C19H24OSi. The molecular weight excluding hydrogens is 272 g/mol. The summed E-state index contributed by atoms with van der Waals surface area (Å²) in [4.78, 5) is 0. The van der Waals surface area contributed by atoms with E-state index in [1.807, 2.05) is 0 Å². The van der Waals surface area contributed by atoms with Gasteiger partial charge in [-0.3, -0.25) is 0 Å². The minimum Gasteiger partial charge on any atom is -0.542 e. The summed E-state index contributed by atoms with van der Waals surface area (Å²) in [7, 11) is -1.76. The first-order valence-corrected chi connectivity index (χ1v) is 10.2. The van der Waals surface area contributed by atoms with Crippen molar-refractivity contribution in [2.75, 3.05) is 0 Å². The van der Waals surface area contributed by atoms with E-state index in [1.54, 1.807) is 0 Å². The first-order valence-electron chi connectivity index (χ1n) is 7.91. The van der Waals surface area contributed by atoms with Gasteiger partial charge in [-0.2, -0.15) is 0 Å². The van der Waals surface area contributed by atoms with Gasteiger partial charge in [0.15, 0.2) is 0 Å². The van der Waals surface area contributed by atoms with Gasteiger partial charge in [-0.15, -0.1) is 0 Å². The summed E-state index contributed by atoms with van der Waals surface area (Å²) >= 11 is 0. The Morgan fingerprint density at radius 1 is 0.857 bits per heavy atom. The number of hydrogen-bond donors (Lipinski definition) is 0. The van der Waals surface area contributed by atoms with E-state index in [1.165, 1.54) is 16.7 Å². The van der Waals surface area contributed by atoms with Crippen molar-refractivity contribution in [1.29, 1.82) is 0 Å². The van der Waals surface area contributed by atoms with Gasteiger partial charge < -0.3 is 4.43 Å². The monoisotopic (exact) mass is 296 g/mol. The second-order valence-corrected chi connectivity index (χ2v) is 11.5. The van der Waals surface area contributed by atoms with Crippen LogP contribution in [0.4, 0.5) is 0 Å². The zero-order valence-electron chi connectivity index (χ0n) is 13.4. The lowest BCUT2D eigenvalue weighted by atomic mass is 10.00. The lowest BCUT2D eigenvalue weighted by molar-refractivity contribution is 0.520. The molecule has 0 N–H and O–H groups in total. The van der Waals surface area contributed by atoms with Gasteiger partial charge in [0, 0.05) is 11.6 Å².